The predicted molar refractivity (Wildman–Crippen MR) is 168 cm³/mol. The van der Waals surface area contributed by atoms with Gasteiger partial charge in [0, 0.05) is 17.1 Å². The molecule has 0 aliphatic rings. The fourth-order valence-corrected chi connectivity index (χ4v) is 5.89. The van der Waals surface area contributed by atoms with Crippen LogP contribution < -0.4 is 14.4 Å². The van der Waals surface area contributed by atoms with Gasteiger partial charge in [-0.15, -0.1) is 0 Å². The van der Waals surface area contributed by atoms with Gasteiger partial charge < -0.3 is 15.0 Å². The fourth-order valence-electron chi connectivity index (χ4n) is 4.03. The second-order valence-electron chi connectivity index (χ2n) is 10.6. The number of carbonyl (C=O) groups excluding carboxylic acids is 2. The van der Waals surface area contributed by atoms with Gasteiger partial charge in [0.1, 0.15) is 18.3 Å². The zero-order chi connectivity index (χ0) is 31.2. The first-order chi connectivity index (χ1) is 19.6. The van der Waals surface area contributed by atoms with E-state index in [1.807, 2.05) is 27.7 Å². The summed E-state index contributed by atoms with van der Waals surface area (Å²) in [7, 11) is -4.24. The van der Waals surface area contributed by atoms with Crippen LogP contribution in [0.2, 0.25) is 15.1 Å². The summed E-state index contributed by atoms with van der Waals surface area (Å²) in [6, 6.07) is 16.0. The van der Waals surface area contributed by atoms with Gasteiger partial charge in [-0.2, -0.15) is 0 Å². The van der Waals surface area contributed by atoms with E-state index in [2.05, 4.69) is 5.32 Å². The van der Waals surface area contributed by atoms with E-state index in [9.17, 15) is 18.0 Å². The number of halogens is 3. The Morgan fingerprint density at radius 3 is 2.10 bits per heavy atom. The number of rotatable bonds is 11. The minimum Gasteiger partial charge on any atom is -0.494 e. The van der Waals surface area contributed by atoms with E-state index in [0.717, 1.165) is 4.31 Å². The Hall–Kier alpha value is -2.98. The SMILES string of the molecule is CCOc1ccc(N(CC(=O)N(Cc2ccc(Cl)c(Cl)c2)[C@@H](C)C(=O)NC(C)(C)C)S(=O)(=O)c2ccc(Cl)cc2)cc1. The van der Waals surface area contributed by atoms with Crippen molar-refractivity contribution in [3.8, 4) is 5.75 Å². The minimum absolute atomic E-state index is 0.0213. The summed E-state index contributed by atoms with van der Waals surface area (Å²) in [5.74, 6) is -0.460. The molecule has 0 radical (unpaired) electrons. The topological polar surface area (TPSA) is 96.0 Å². The summed E-state index contributed by atoms with van der Waals surface area (Å²) < 4.78 is 34.3. The Bertz CT molecular complexity index is 1510. The standard InChI is InChI=1S/C30H34Cl3N3O5S/c1-6-41-24-12-10-23(11-13-24)36(42(39,40)25-14-8-22(31)9-15-25)19-28(37)35(20(2)29(38)34-30(3,4)5)18-21-7-16-26(32)27(33)17-21/h7-17,20H,6,18-19H2,1-5H3,(H,34,38)/t20-/m0/s1. The van der Waals surface area contributed by atoms with Crippen LogP contribution in [0.3, 0.4) is 0 Å². The van der Waals surface area contributed by atoms with Gasteiger partial charge in [0.05, 0.1) is 27.2 Å². The zero-order valence-electron chi connectivity index (χ0n) is 24.0. The summed E-state index contributed by atoms with van der Waals surface area (Å²) in [5.41, 5.74) is 0.292. The Kier molecular flexibility index (Phi) is 11.2. The van der Waals surface area contributed by atoms with Gasteiger partial charge in [-0.05, 0) is 101 Å². The van der Waals surface area contributed by atoms with Crippen molar-refractivity contribution in [2.45, 2.75) is 57.6 Å². The van der Waals surface area contributed by atoms with Crippen molar-refractivity contribution >= 4 is 62.3 Å². The molecule has 12 heteroatoms. The Labute approximate surface area is 262 Å². The summed E-state index contributed by atoms with van der Waals surface area (Å²) >= 11 is 18.3. The lowest BCUT2D eigenvalue weighted by Gasteiger charge is -2.33. The average molecular weight is 655 g/mol. The number of amides is 2. The van der Waals surface area contributed by atoms with Crippen LogP contribution in [0.1, 0.15) is 40.2 Å². The van der Waals surface area contributed by atoms with Crippen LogP contribution in [0.15, 0.2) is 71.6 Å². The van der Waals surface area contributed by atoms with Crippen molar-refractivity contribution in [2.75, 3.05) is 17.5 Å². The monoisotopic (exact) mass is 653 g/mol. The molecule has 42 heavy (non-hydrogen) atoms. The van der Waals surface area contributed by atoms with Gasteiger partial charge in [0.2, 0.25) is 11.8 Å². The molecular formula is C30H34Cl3N3O5S. The number of nitrogens with zero attached hydrogens (tertiary/aromatic N) is 2. The lowest BCUT2D eigenvalue weighted by atomic mass is 10.1. The fraction of sp³-hybridized carbons (Fsp3) is 0.333. The van der Waals surface area contributed by atoms with Gasteiger partial charge in [-0.1, -0.05) is 40.9 Å². The van der Waals surface area contributed by atoms with Gasteiger partial charge in [0.15, 0.2) is 0 Å². The van der Waals surface area contributed by atoms with Crippen molar-refractivity contribution in [3.63, 3.8) is 0 Å². The molecule has 3 rings (SSSR count). The van der Waals surface area contributed by atoms with E-state index >= 15 is 0 Å². The highest BCUT2D eigenvalue weighted by Crippen LogP contribution is 2.28. The van der Waals surface area contributed by atoms with Crippen molar-refractivity contribution in [3.05, 3.63) is 87.4 Å². The van der Waals surface area contributed by atoms with E-state index in [1.165, 1.54) is 29.2 Å². The van der Waals surface area contributed by atoms with Crippen LogP contribution >= 0.6 is 34.8 Å². The van der Waals surface area contributed by atoms with Crippen LogP contribution in [0.4, 0.5) is 5.69 Å². The van der Waals surface area contributed by atoms with Crippen molar-refractivity contribution in [1.29, 1.82) is 0 Å². The number of sulfonamides is 1. The number of carbonyl (C=O) groups is 2. The molecule has 0 aromatic heterocycles. The summed E-state index contributed by atoms with van der Waals surface area (Å²) in [5, 5.41) is 3.88. The predicted octanol–water partition coefficient (Wildman–Crippen LogP) is 6.57. The molecule has 0 saturated heterocycles. The van der Waals surface area contributed by atoms with Gasteiger partial charge in [0.25, 0.3) is 10.0 Å². The molecule has 3 aromatic rings. The summed E-state index contributed by atoms with van der Waals surface area (Å²) in [6.07, 6.45) is 0. The van der Waals surface area contributed by atoms with Gasteiger partial charge >= 0.3 is 0 Å². The number of hydrogen-bond acceptors (Lipinski definition) is 5. The van der Waals surface area contributed by atoms with E-state index in [-0.39, 0.29) is 22.2 Å². The molecule has 226 valence electrons. The molecule has 1 N–H and O–H groups in total. The number of ether oxygens (including phenoxy) is 1. The number of anilines is 1. The van der Waals surface area contributed by atoms with E-state index in [0.29, 0.717) is 28.0 Å². The van der Waals surface area contributed by atoms with Gasteiger partial charge in [-0.25, -0.2) is 8.42 Å². The normalized spacial score (nSPS) is 12.4. The Morgan fingerprint density at radius 2 is 1.55 bits per heavy atom. The quantitative estimate of drug-likeness (QED) is 0.252. The maximum Gasteiger partial charge on any atom is 0.264 e. The van der Waals surface area contributed by atoms with E-state index in [1.54, 1.807) is 49.4 Å². The largest absolute Gasteiger partial charge is 0.494 e. The van der Waals surface area contributed by atoms with Crippen molar-refractivity contribution in [1.82, 2.24) is 10.2 Å². The second kappa shape index (κ2) is 14.0. The summed E-state index contributed by atoms with van der Waals surface area (Å²) in [4.78, 5) is 28.5. The molecule has 1 atom stereocenters. The molecule has 0 spiro atoms. The first-order valence-electron chi connectivity index (χ1n) is 13.2. The van der Waals surface area contributed by atoms with Crippen LogP contribution in [0, 0.1) is 0 Å². The third-order valence-corrected chi connectivity index (χ3v) is 8.90. The van der Waals surface area contributed by atoms with E-state index < -0.39 is 40.0 Å². The second-order valence-corrected chi connectivity index (χ2v) is 13.7. The number of nitrogens with one attached hydrogen (secondary N) is 1. The average Bonchev–Trinajstić information content (AvgIpc) is 2.91. The lowest BCUT2D eigenvalue weighted by molar-refractivity contribution is -0.140. The third kappa shape index (κ3) is 8.77. The molecule has 0 aliphatic heterocycles. The molecule has 8 nitrogen and oxygen atoms in total. The van der Waals surface area contributed by atoms with Crippen LogP contribution in [0.5, 0.6) is 5.75 Å². The third-order valence-electron chi connectivity index (χ3n) is 6.12. The Balaban J connectivity index is 2.05. The van der Waals surface area contributed by atoms with Gasteiger partial charge in [-0.3, -0.25) is 13.9 Å². The summed E-state index contributed by atoms with van der Waals surface area (Å²) in [6.45, 7) is 8.73. The highest BCUT2D eigenvalue weighted by molar-refractivity contribution is 7.92. The molecule has 0 saturated carbocycles. The highest BCUT2D eigenvalue weighted by atomic mass is 35.5. The molecule has 0 bridgehead atoms. The van der Waals surface area contributed by atoms with Crippen LogP contribution in [0.25, 0.3) is 0 Å². The zero-order valence-corrected chi connectivity index (χ0v) is 27.1. The molecule has 0 unspecified atom stereocenters. The first-order valence-corrected chi connectivity index (χ1v) is 15.8. The van der Waals surface area contributed by atoms with Crippen molar-refractivity contribution < 1.29 is 22.7 Å². The highest BCUT2D eigenvalue weighted by Gasteiger charge is 2.33. The molecule has 0 heterocycles. The van der Waals surface area contributed by atoms with Crippen LogP contribution in [-0.2, 0) is 26.2 Å². The molecule has 3 aromatic carbocycles. The number of hydrogen-bond donors (Lipinski definition) is 1. The van der Waals surface area contributed by atoms with Crippen molar-refractivity contribution in [2.24, 2.45) is 0 Å². The first kappa shape index (κ1) is 33.5. The lowest BCUT2D eigenvalue weighted by Crippen LogP contribution is -2.54. The molecule has 2 amide bonds. The maximum absolute atomic E-state index is 14.0. The number of benzene rings is 3. The minimum atomic E-state index is -4.24. The Morgan fingerprint density at radius 1 is 0.929 bits per heavy atom. The smallest absolute Gasteiger partial charge is 0.264 e. The molecule has 0 aliphatic carbocycles. The molecular weight excluding hydrogens is 621 g/mol. The maximum atomic E-state index is 14.0. The molecule has 0 fully saturated rings. The van der Waals surface area contributed by atoms with E-state index in [4.69, 9.17) is 39.5 Å². The van der Waals surface area contributed by atoms with Crippen LogP contribution in [-0.4, -0.2) is 49.9 Å².